The molecule has 0 aliphatic heterocycles. The number of benzene rings is 1. The van der Waals surface area contributed by atoms with E-state index in [-0.39, 0.29) is 30.9 Å². The number of nitrogens with two attached hydrogens (primary N) is 2. The van der Waals surface area contributed by atoms with Crippen molar-refractivity contribution in [2.75, 3.05) is 6.54 Å². The molecule has 0 saturated heterocycles. The standard InChI is InChI=1S/C8H11ClN2.2ClH/c9-7-3-1-2-6(4-7)8(11)5-10;;/h1-4,8H,5,10-11H2;2*1H/t8-;;/m0../s1. The first-order chi connectivity index (χ1) is 5.24. The third-order valence-electron chi connectivity index (χ3n) is 1.53. The summed E-state index contributed by atoms with van der Waals surface area (Å²) in [6, 6.07) is 7.33. The Labute approximate surface area is 95.5 Å². The van der Waals surface area contributed by atoms with E-state index in [0.717, 1.165) is 5.56 Å². The van der Waals surface area contributed by atoms with Crippen molar-refractivity contribution < 1.29 is 0 Å². The molecule has 0 aliphatic rings. The molecule has 0 aromatic heterocycles. The van der Waals surface area contributed by atoms with Crippen molar-refractivity contribution in [2.45, 2.75) is 6.04 Å². The summed E-state index contributed by atoms with van der Waals surface area (Å²) in [5.74, 6) is 0. The van der Waals surface area contributed by atoms with E-state index in [1.54, 1.807) is 0 Å². The van der Waals surface area contributed by atoms with Crippen molar-refractivity contribution in [2.24, 2.45) is 11.5 Å². The van der Waals surface area contributed by atoms with Crippen molar-refractivity contribution in [3.05, 3.63) is 34.9 Å². The van der Waals surface area contributed by atoms with Gasteiger partial charge < -0.3 is 11.5 Å². The Bertz CT molecular complexity index is 243. The third-order valence-corrected chi connectivity index (χ3v) is 1.77. The van der Waals surface area contributed by atoms with Crippen LogP contribution in [0.5, 0.6) is 0 Å². The normalized spacial score (nSPS) is 11.0. The first kappa shape index (κ1) is 15.5. The van der Waals surface area contributed by atoms with Crippen LogP contribution in [0.15, 0.2) is 24.3 Å². The number of rotatable bonds is 2. The van der Waals surface area contributed by atoms with Crippen molar-refractivity contribution in [3.63, 3.8) is 0 Å². The summed E-state index contributed by atoms with van der Waals surface area (Å²) in [7, 11) is 0. The van der Waals surface area contributed by atoms with Crippen LogP contribution in [-0.4, -0.2) is 6.54 Å². The zero-order chi connectivity index (χ0) is 8.27. The summed E-state index contributed by atoms with van der Waals surface area (Å²) >= 11 is 5.75. The van der Waals surface area contributed by atoms with Gasteiger partial charge in [0.2, 0.25) is 0 Å². The molecule has 0 amide bonds. The van der Waals surface area contributed by atoms with Gasteiger partial charge in [-0.1, -0.05) is 23.7 Å². The van der Waals surface area contributed by atoms with Gasteiger partial charge in [-0.3, -0.25) is 0 Å². The lowest BCUT2D eigenvalue weighted by molar-refractivity contribution is 0.737. The van der Waals surface area contributed by atoms with Gasteiger partial charge in [0.05, 0.1) is 0 Å². The Kier molecular flexibility index (Phi) is 8.83. The van der Waals surface area contributed by atoms with Crippen molar-refractivity contribution >= 4 is 36.4 Å². The summed E-state index contributed by atoms with van der Waals surface area (Å²) in [6.45, 7) is 0.445. The zero-order valence-corrected chi connectivity index (χ0v) is 9.33. The number of hydrogen-bond donors (Lipinski definition) is 2. The Morgan fingerprint density at radius 2 is 1.92 bits per heavy atom. The van der Waals surface area contributed by atoms with Crippen LogP contribution in [0.4, 0.5) is 0 Å². The van der Waals surface area contributed by atoms with Crippen LogP contribution in [0.3, 0.4) is 0 Å². The lowest BCUT2D eigenvalue weighted by Crippen LogP contribution is -2.20. The molecule has 0 saturated carbocycles. The molecule has 1 rings (SSSR count). The first-order valence-corrected chi connectivity index (χ1v) is 3.83. The zero-order valence-electron chi connectivity index (χ0n) is 6.94. The molecular formula is C8H13Cl3N2. The second kappa shape index (κ2) is 7.42. The highest BCUT2D eigenvalue weighted by molar-refractivity contribution is 6.30. The van der Waals surface area contributed by atoms with Crippen molar-refractivity contribution in [1.82, 2.24) is 0 Å². The molecule has 1 aromatic carbocycles. The molecule has 13 heavy (non-hydrogen) atoms. The van der Waals surface area contributed by atoms with Gasteiger partial charge >= 0.3 is 0 Å². The Hall–Kier alpha value is 0.01000. The second-order valence-electron chi connectivity index (χ2n) is 2.40. The Morgan fingerprint density at radius 1 is 1.31 bits per heavy atom. The van der Waals surface area contributed by atoms with E-state index in [2.05, 4.69) is 0 Å². The van der Waals surface area contributed by atoms with Gasteiger partial charge in [0.25, 0.3) is 0 Å². The van der Waals surface area contributed by atoms with Gasteiger partial charge in [-0.05, 0) is 17.7 Å². The average Bonchev–Trinajstić information content (AvgIpc) is 2.03. The fourth-order valence-electron chi connectivity index (χ4n) is 0.873. The molecule has 0 fully saturated rings. The minimum atomic E-state index is -0.103. The number of hydrogen-bond acceptors (Lipinski definition) is 2. The van der Waals surface area contributed by atoms with Crippen LogP contribution < -0.4 is 11.5 Å². The quantitative estimate of drug-likeness (QED) is 0.836. The van der Waals surface area contributed by atoms with E-state index in [1.165, 1.54) is 0 Å². The highest BCUT2D eigenvalue weighted by Gasteiger charge is 2.02. The number of halogens is 3. The van der Waals surface area contributed by atoms with Gasteiger partial charge in [0.15, 0.2) is 0 Å². The van der Waals surface area contributed by atoms with Gasteiger partial charge in [0, 0.05) is 17.6 Å². The van der Waals surface area contributed by atoms with Crippen molar-refractivity contribution in [1.29, 1.82) is 0 Å². The smallest absolute Gasteiger partial charge is 0.0420 e. The van der Waals surface area contributed by atoms with Crippen molar-refractivity contribution in [3.8, 4) is 0 Å². The molecule has 4 N–H and O–H groups in total. The van der Waals surface area contributed by atoms with Crippen LogP contribution in [0.1, 0.15) is 11.6 Å². The van der Waals surface area contributed by atoms with E-state index in [1.807, 2.05) is 24.3 Å². The molecule has 5 heteroatoms. The summed E-state index contributed by atoms with van der Waals surface area (Å²) in [5.41, 5.74) is 12.1. The van der Waals surface area contributed by atoms with E-state index in [4.69, 9.17) is 23.1 Å². The Morgan fingerprint density at radius 3 is 2.38 bits per heavy atom. The van der Waals surface area contributed by atoms with Crippen LogP contribution in [0.25, 0.3) is 0 Å². The summed E-state index contributed by atoms with van der Waals surface area (Å²) < 4.78 is 0. The van der Waals surface area contributed by atoms with E-state index < -0.39 is 0 Å². The van der Waals surface area contributed by atoms with Gasteiger partial charge in [-0.25, -0.2) is 0 Å². The topological polar surface area (TPSA) is 52.0 Å². The van der Waals surface area contributed by atoms with Gasteiger partial charge in [-0.2, -0.15) is 0 Å². The lowest BCUT2D eigenvalue weighted by Gasteiger charge is -2.08. The fraction of sp³-hybridized carbons (Fsp3) is 0.250. The summed E-state index contributed by atoms with van der Waals surface area (Å²) in [6.07, 6.45) is 0. The SMILES string of the molecule is Cl.Cl.NC[C@H](N)c1cccc(Cl)c1. The molecule has 0 spiro atoms. The monoisotopic (exact) mass is 242 g/mol. The van der Waals surface area contributed by atoms with Crippen LogP contribution in [0.2, 0.25) is 5.02 Å². The van der Waals surface area contributed by atoms with E-state index >= 15 is 0 Å². The molecule has 1 atom stereocenters. The molecule has 0 bridgehead atoms. The maximum absolute atomic E-state index is 5.75. The molecule has 0 unspecified atom stereocenters. The van der Waals surface area contributed by atoms with Crippen LogP contribution >= 0.6 is 36.4 Å². The first-order valence-electron chi connectivity index (χ1n) is 3.45. The largest absolute Gasteiger partial charge is 0.329 e. The highest BCUT2D eigenvalue weighted by Crippen LogP contribution is 2.14. The third kappa shape index (κ3) is 4.69. The fourth-order valence-corrected chi connectivity index (χ4v) is 1.07. The van der Waals surface area contributed by atoms with E-state index in [9.17, 15) is 0 Å². The predicted octanol–water partition coefficient (Wildman–Crippen LogP) is 2.14. The maximum atomic E-state index is 5.75. The molecule has 76 valence electrons. The molecule has 0 heterocycles. The Balaban J connectivity index is 0. The predicted molar refractivity (Wildman–Crippen MR) is 61.9 cm³/mol. The summed E-state index contributed by atoms with van der Waals surface area (Å²) in [5, 5.41) is 0.700. The molecule has 1 aromatic rings. The van der Waals surface area contributed by atoms with Crippen LogP contribution in [0, 0.1) is 0 Å². The molecule has 2 nitrogen and oxygen atoms in total. The molecule has 0 aliphatic carbocycles. The lowest BCUT2D eigenvalue weighted by atomic mass is 10.1. The molecular weight excluding hydrogens is 230 g/mol. The minimum absolute atomic E-state index is 0. The van der Waals surface area contributed by atoms with Gasteiger partial charge in [-0.15, -0.1) is 24.8 Å². The molecule has 0 radical (unpaired) electrons. The highest BCUT2D eigenvalue weighted by atomic mass is 35.5. The van der Waals surface area contributed by atoms with Crippen LogP contribution in [-0.2, 0) is 0 Å². The summed E-state index contributed by atoms with van der Waals surface area (Å²) in [4.78, 5) is 0. The van der Waals surface area contributed by atoms with Gasteiger partial charge in [0.1, 0.15) is 0 Å². The maximum Gasteiger partial charge on any atom is 0.0420 e. The minimum Gasteiger partial charge on any atom is -0.329 e. The average molecular weight is 244 g/mol. The van der Waals surface area contributed by atoms with E-state index in [0.29, 0.717) is 11.6 Å². The second-order valence-corrected chi connectivity index (χ2v) is 2.83.